The van der Waals surface area contributed by atoms with E-state index in [0.29, 0.717) is 18.8 Å². The quantitative estimate of drug-likeness (QED) is 0.527. The second-order valence-electron chi connectivity index (χ2n) is 4.36. The SMILES string of the molecule is NCCCC[C@@H](N)C(=O)c1nc2ccccc2[nH]1. The van der Waals surface area contributed by atoms with Crippen molar-refractivity contribution in [1.82, 2.24) is 9.97 Å². The lowest BCUT2D eigenvalue weighted by molar-refractivity contribution is 0.0947. The number of para-hydroxylation sites is 2. The number of imidazole rings is 1. The molecule has 5 heteroatoms. The first-order valence-electron chi connectivity index (χ1n) is 6.17. The summed E-state index contributed by atoms with van der Waals surface area (Å²) in [7, 11) is 0. The number of ketones is 1. The normalized spacial score (nSPS) is 12.8. The molecule has 0 spiro atoms. The van der Waals surface area contributed by atoms with Gasteiger partial charge in [0.15, 0.2) is 5.82 Å². The maximum Gasteiger partial charge on any atom is 0.214 e. The molecule has 0 saturated heterocycles. The van der Waals surface area contributed by atoms with E-state index in [1.54, 1.807) is 0 Å². The molecule has 0 fully saturated rings. The molecule has 0 radical (unpaired) electrons. The number of nitrogens with one attached hydrogen (secondary N) is 1. The maximum absolute atomic E-state index is 12.1. The largest absolute Gasteiger partial charge is 0.335 e. The Labute approximate surface area is 106 Å². The number of Topliss-reactive ketones (excluding diaryl/α,β-unsaturated/α-hetero) is 1. The van der Waals surface area contributed by atoms with Crippen LogP contribution in [0.3, 0.4) is 0 Å². The standard InChI is InChI=1S/C13H18N4O/c14-8-4-3-5-9(15)12(18)13-16-10-6-1-2-7-11(10)17-13/h1-2,6-7,9H,3-5,8,14-15H2,(H,16,17)/t9-/m1/s1. The van der Waals surface area contributed by atoms with Gasteiger partial charge in [0.1, 0.15) is 0 Å². The Morgan fingerprint density at radius 3 is 2.83 bits per heavy atom. The van der Waals surface area contributed by atoms with Crippen LogP contribution in [0.2, 0.25) is 0 Å². The molecule has 0 aliphatic rings. The Balaban J connectivity index is 2.08. The maximum atomic E-state index is 12.1. The zero-order valence-electron chi connectivity index (χ0n) is 10.2. The molecule has 0 saturated carbocycles. The molecule has 96 valence electrons. The minimum atomic E-state index is -0.503. The lowest BCUT2D eigenvalue weighted by atomic mass is 10.1. The number of rotatable bonds is 6. The van der Waals surface area contributed by atoms with E-state index in [-0.39, 0.29) is 5.78 Å². The third-order valence-corrected chi connectivity index (χ3v) is 2.93. The van der Waals surface area contributed by atoms with Crippen molar-refractivity contribution in [2.24, 2.45) is 11.5 Å². The van der Waals surface area contributed by atoms with Crippen LogP contribution in [-0.2, 0) is 0 Å². The number of hydrogen-bond acceptors (Lipinski definition) is 4. The number of carbonyl (C=O) groups excluding carboxylic acids is 1. The summed E-state index contributed by atoms with van der Waals surface area (Å²) in [4.78, 5) is 19.3. The van der Waals surface area contributed by atoms with Crippen LogP contribution in [0.15, 0.2) is 24.3 Å². The van der Waals surface area contributed by atoms with Crippen LogP contribution in [0.1, 0.15) is 29.9 Å². The van der Waals surface area contributed by atoms with E-state index in [1.807, 2.05) is 24.3 Å². The summed E-state index contributed by atoms with van der Waals surface area (Å²) in [6, 6.07) is 7.04. The number of benzene rings is 1. The fraction of sp³-hybridized carbons (Fsp3) is 0.385. The third kappa shape index (κ3) is 2.75. The Morgan fingerprint density at radius 1 is 1.33 bits per heavy atom. The minimum Gasteiger partial charge on any atom is -0.335 e. The number of H-pyrrole nitrogens is 1. The van der Waals surface area contributed by atoms with E-state index in [9.17, 15) is 4.79 Å². The topological polar surface area (TPSA) is 97.8 Å². The molecule has 1 aromatic heterocycles. The van der Waals surface area contributed by atoms with Crippen molar-refractivity contribution in [3.05, 3.63) is 30.1 Å². The molecule has 18 heavy (non-hydrogen) atoms. The number of aromatic amines is 1. The summed E-state index contributed by atoms with van der Waals surface area (Å²) in [5.41, 5.74) is 12.9. The highest BCUT2D eigenvalue weighted by Crippen LogP contribution is 2.12. The van der Waals surface area contributed by atoms with Gasteiger partial charge in [-0.05, 0) is 31.5 Å². The van der Waals surface area contributed by atoms with E-state index in [2.05, 4.69) is 9.97 Å². The first-order valence-corrected chi connectivity index (χ1v) is 6.17. The van der Waals surface area contributed by atoms with Crippen molar-refractivity contribution in [2.75, 3.05) is 6.54 Å². The van der Waals surface area contributed by atoms with E-state index in [1.165, 1.54) is 0 Å². The molecule has 5 nitrogen and oxygen atoms in total. The van der Waals surface area contributed by atoms with Gasteiger partial charge in [-0.3, -0.25) is 4.79 Å². The van der Waals surface area contributed by atoms with Crippen molar-refractivity contribution in [3.8, 4) is 0 Å². The monoisotopic (exact) mass is 246 g/mol. The molecular formula is C13H18N4O. The molecule has 1 heterocycles. The molecule has 0 aliphatic heterocycles. The number of nitrogens with two attached hydrogens (primary N) is 2. The molecule has 2 aromatic rings. The first-order chi connectivity index (χ1) is 8.72. The van der Waals surface area contributed by atoms with Gasteiger partial charge in [-0.15, -0.1) is 0 Å². The van der Waals surface area contributed by atoms with Crippen molar-refractivity contribution in [1.29, 1.82) is 0 Å². The smallest absolute Gasteiger partial charge is 0.214 e. The van der Waals surface area contributed by atoms with Gasteiger partial charge in [0.2, 0.25) is 5.78 Å². The number of aromatic nitrogens is 2. The van der Waals surface area contributed by atoms with Crippen molar-refractivity contribution >= 4 is 16.8 Å². The van der Waals surface area contributed by atoms with Crippen LogP contribution < -0.4 is 11.5 Å². The van der Waals surface area contributed by atoms with Crippen LogP contribution in [0.4, 0.5) is 0 Å². The Kier molecular flexibility index (Phi) is 4.07. The van der Waals surface area contributed by atoms with E-state index in [4.69, 9.17) is 11.5 Å². The lowest BCUT2D eigenvalue weighted by Gasteiger charge is -2.07. The Morgan fingerprint density at radius 2 is 2.11 bits per heavy atom. The van der Waals surface area contributed by atoms with Gasteiger partial charge in [-0.1, -0.05) is 18.6 Å². The third-order valence-electron chi connectivity index (χ3n) is 2.93. The lowest BCUT2D eigenvalue weighted by Crippen LogP contribution is -2.31. The van der Waals surface area contributed by atoms with Crippen LogP contribution in [0, 0.1) is 0 Å². The molecule has 1 atom stereocenters. The summed E-state index contributed by atoms with van der Waals surface area (Å²) in [5, 5.41) is 0. The zero-order valence-corrected chi connectivity index (χ0v) is 10.2. The highest BCUT2D eigenvalue weighted by molar-refractivity contribution is 5.99. The van der Waals surface area contributed by atoms with Gasteiger partial charge in [0, 0.05) is 0 Å². The summed E-state index contributed by atoms with van der Waals surface area (Å²) in [5.74, 6) is 0.208. The van der Waals surface area contributed by atoms with Crippen molar-refractivity contribution < 1.29 is 4.79 Å². The molecular weight excluding hydrogens is 228 g/mol. The van der Waals surface area contributed by atoms with Crippen LogP contribution in [-0.4, -0.2) is 28.3 Å². The molecule has 5 N–H and O–H groups in total. The predicted octanol–water partition coefficient (Wildman–Crippen LogP) is 1.20. The van der Waals surface area contributed by atoms with E-state index >= 15 is 0 Å². The Bertz CT molecular complexity index is 502. The molecule has 0 aliphatic carbocycles. The fourth-order valence-corrected chi connectivity index (χ4v) is 1.88. The van der Waals surface area contributed by atoms with E-state index < -0.39 is 6.04 Å². The number of hydrogen-bond donors (Lipinski definition) is 3. The van der Waals surface area contributed by atoms with Crippen LogP contribution in [0.25, 0.3) is 11.0 Å². The van der Waals surface area contributed by atoms with Gasteiger partial charge in [-0.25, -0.2) is 4.98 Å². The molecule has 0 unspecified atom stereocenters. The molecule has 1 aromatic carbocycles. The predicted molar refractivity (Wildman–Crippen MR) is 71.3 cm³/mol. The summed E-state index contributed by atoms with van der Waals surface area (Å²) >= 11 is 0. The summed E-state index contributed by atoms with van der Waals surface area (Å²) in [6.07, 6.45) is 2.40. The van der Waals surface area contributed by atoms with Crippen LogP contribution >= 0.6 is 0 Å². The average molecular weight is 246 g/mol. The number of unbranched alkanes of at least 4 members (excludes halogenated alkanes) is 1. The van der Waals surface area contributed by atoms with Crippen LogP contribution in [0.5, 0.6) is 0 Å². The van der Waals surface area contributed by atoms with Gasteiger partial charge in [0.25, 0.3) is 0 Å². The summed E-state index contributed by atoms with van der Waals surface area (Å²) < 4.78 is 0. The van der Waals surface area contributed by atoms with E-state index in [0.717, 1.165) is 23.9 Å². The zero-order chi connectivity index (χ0) is 13.0. The van der Waals surface area contributed by atoms with Gasteiger partial charge < -0.3 is 16.5 Å². The second-order valence-corrected chi connectivity index (χ2v) is 4.36. The van der Waals surface area contributed by atoms with Gasteiger partial charge in [-0.2, -0.15) is 0 Å². The highest BCUT2D eigenvalue weighted by atomic mass is 16.1. The summed E-state index contributed by atoms with van der Waals surface area (Å²) in [6.45, 7) is 0.631. The Hall–Kier alpha value is -1.72. The number of nitrogens with zero attached hydrogens (tertiary/aromatic N) is 1. The number of fused-ring (bicyclic) bond motifs is 1. The average Bonchev–Trinajstić information content (AvgIpc) is 2.81. The minimum absolute atomic E-state index is 0.136. The highest BCUT2D eigenvalue weighted by Gasteiger charge is 2.18. The van der Waals surface area contributed by atoms with Crippen molar-refractivity contribution in [3.63, 3.8) is 0 Å². The molecule has 2 rings (SSSR count). The molecule has 0 amide bonds. The van der Waals surface area contributed by atoms with Gasteiger partial charge in [0.05, 0.1) is 17.1 Å². The molecule has 0 bridgehead atoms. The van der Waals surface area contributed by atoms with Gasteiger partial charge >= 0.3 is 0 Å². The van der Waals surface area contributed by atoms with Crippen molar-refractivity contribution in [2.45, 2.75) is 25.3 Å². The second kappa shape index (κ2) is 5.75. The fourth-order valence-electron chi connectivity index (χ4n) is 1.88. The first kappa shape index (κ1) is 12.7. The number of carbonyl (C=O) groups is 1.